The zero-order chi connectivity index (χ0) is 17.3. The Bertz CT molecular complexity index is 1000. The van der Waals surface area contributed by atoms with Crippen LogP contribution in [-0.4, -0.2) is 16.8 Å². The number of anilines is 1. The second-order valence-electron chi connectivity index (χ2n) is 5.26. The van der Waals surface area contributed by atoms with E-state index >= 15 is 0 Å². The molecular weight excluding hydrogens is 310 g/mol. The fourth-order valence-electron chi connectivity index (χ4n) is 2.32. The standard InChI is InChI=1S/C18H13NO5/c1-10(20)19-13-5-2-11(3-6-13)17(22)15-8-12-4-7-14(21)9-16(12)24-18(15)23/h2-9,21H,1H3,(H,19,20). The second-order valence-corrected chi connectivity index (χ2v) is 5.26. The molecule has 0 spiro atoms. The average Bonchev–Trinajstić information content (AvgIpc) is 2.53. The molecule has 1 aromatic heterocycles. The summed E-state index contributed by atoms with van der Waals surface area (Å²) >= 11 is 0. The number of benzene rings is 2. The minimum Gasteiger partial charge on any atom is -0.508 e. The molecule has 0 aliphatic rings. The Morgan fingerprint density at radius 1 is 1.04 bits per heavy atom. The van der Waals surface area contributed by atoms with Crippen LogP contribution in [0.4, 0.5) is 5.69 Å². The van der Waals surface area contributed by atoms with E-state index in [2.05, 4.69) is 5.32 Å². The maximum Gasteiger partial charge on any atom is 0.347 e. The van der Waals surface area contributed by atoms with Gasteiger partial charge in [0.2, 0.25) is 5.91 Å². The smallest absolute Gasteiger partial charge is 0.347 e. The minimum absolute atomic E-state index is 0.0294. The van der Waals surface area contributed by atoms with Crippen molar-refractivity contribution in [1.29, 1.82) is 0 Å². The number of hydrogen-bond acceptors (Lipinski definition) is 5. The zero-order valence-corrected chi connectivity index (χ0v) is 12.7. The lowest BCUT2D eigenvalue weighted by molar-refractivity contribution is -0.114. The molecule has 3 rings (SSSR count). The molecule has 1 heterocycles. The van der Waals surface area contributed by atoms with Crippen LogP contribution in [0.3, 0.4) is 0 Å². The quantitative estimate of drug-likeness (QED) is 0.570. The zero-order valence-electron chi connectivity index (χ0n) is 12.7. The number of phenols is 1. The molecule has 1 amide bonds. The number of aromatic hydroxyl groups is 1. The van der Waals surface area contributed by atoms with Crippen LogP contribution >= 0.6 is 0 Å². The molecule has 0 radical (unpaired) electrons. The van der Waals surface area contributed by atoms with E-state index in [1.54, 1.807) is 18.2 Å². The van der Waals surface area contributed by atoms with Crippen molar-refractivity contribution in [2.24, 2.45) is 0 Å². The predicted molar refractivity (Wildman–Crippen MR) is 88.3 cm³/mol. The SMILES string of the molecule is CC(=O)Nc1ccc(C(=O)c2cc3ccc(O)cc3oc2=O)cc1. The lowest BCUT2D eigenvalue weighted by Gasteiger charge is -2.05. The Balaban J connectivity index is 1.99. The number of carbonyl (C=O) groups is 2. The van der Waals surface area contributed by atoms with Crippen molar-refractivity contribution in [3.8, 4) is 5.75 Å². The molecular formula is C18H13NO5. The summed E-state index contributed by atoms with van der Waals surface area (Å²) in [4.78, 5) is 35.6. The van der Waals surface area contributed by atoms with Crippen molar-refractivity contribution in [2.75, 3.05) is 5.32 Å². The van der Waals surface area contributed by atoms with Crippen LogP contribution in [0.25, 0.3) is 11.0 Å². The Labute approximate surface area is 136 Å². The molecule has 120 valence electrons. The summed E-state index contributed by atoms with van der Waals surface area (Å²) in [6.45, 7) is 1.39. The fourth-order valence-corrected chi connectivity index (χ4v) is 2.32. The van der Waals surface area contributed by atoms with Gasteiger partial charge >= 0.3 is 5.63 Å². The summed E-state index contributed by atoms with van der Waals surface area (Å²) in [5, 5.41) is 12.5. The molecule has 2 N–H and O–H groups in total. The minimum atomic E-state index is -0.774. The van der Waals surface area contributed by atoms with Crippen LogP contribution in [0.15, 0.2) is 57.7 Å². The van der Waals surface area contributed by atoms with Gasteiger partial charge in [0.25, 0.3) is 0 Å². The monoisotopic (exact) mass is 323 g/mol. The first-order valence-corrected chi connectivity index (χ1v) is 7.13. The number of ketones is 1. The van der Waals surface area contributed by atoms with Gasteiger partial charge in [0.05, 0.1) is 0 Å². The highest BCUT2D eigenvalue weighted by Crippen LogP contribution is 2.20. The van der Waals surface area contributed by atoms with Gasteiger partial charge in [-0.1, -0.05) is 0 Å². The Kier molecular flexibility index (Phi) is 3.87. The van der Waals surface area contributed by atoms with Crippen LogP contribution in [-0.2, 0) is 4.79 Å². The molecule has 6 nitrogen and oxygen atoms in total. The lowest BCUT2D eigenvalue weighted by atomic mass is 10.0. The van der Waals surface area contributed by atoms with Gasteiger partial charge in [-0.05, 0) is 42.5 Å². The number of hydrogen-bond donors (Lipinski definition) is 2. The molecule has 0 saturated carbocycles. The molecule has 0 saturated heterocycles. The maximum absolute atomic E-state index is 12.5. The Morgan fingerprint density at radius 2 is 1.75 bits per heavy atom. The molecule has 2 aromatic carbocycles. The largest absolute Gasteiger partial charge is 0.508 e. The van der Waals surface area contributed by atoms with Gasteiger partial charge in [-0.25, -0.2) is 4.79 Å². The molecule has 0 unspecified atom stereocenters. The van der Waals surface area contributed by atoms with Crippen LogP contribution in [0.1, 0.15) is 22.8 Å². The molecule has 0 aliphatic heterocycles. The van der Waals surface area contributed by atoms with Crippen LogP contribution in [0, 0.1) is 0 Å². The first kappa shape index (κ1) is 15.5. The van der Waals surface area contributed by atoms with Gasteiger partial charge in [0, 0.05) is 29.6 Å². The summed E-state index contributed by atoms with van der Waals surface area (Å²) in [5.41, 5.74) is 0.191. The van der Waals surface area contributed by atoms with E-state index in [0.29, 0.717) is 16.6 Å². The Hall–Kier alpha value is -3.41. The van der Waals surface area contributed by atoms with E-state index in [9.17, 15) is 19.5 Å². The fraction of sp³-hybridized carbons (Fsp3) is 0.0556. The molecule has 0 bridgehead atoms. The number of amides is 1. The van der Waals surface area contributed by atoms with Crippen molar-refractivity contribution < 1.29 is 19.1 Å². The highest BCUT2D eigenvalue weighted by Gasteiger charge is 2.16. The van der Waals surface area contributed by atoms with E-state index in [-0.39, 0.29) is 22.8 Å². The van der Waals surface area contributed by atoms with E-state index in [0.717, 1.165) is 0 Å². The summed E-state index contributed by atoms with van der Waals surface area (Å²) in [6, 6.07) is 12.0. The van der Waals surface area contributed by atoms with E-state index < -0.39 is 11.4 Å². The van der Waals surface area contributed by atoms with E-state index in [1.165, 1.54) is 37.3 Å². The number of nitrogens with one attached hydrogen (secondary N) is 1. The number of carbonyl (C=O) groups excluding carboxylic acids is 2. The maximum atomic E-state index is 12.5. The normalized spacial score (nSPS) is 10.5. The summed E-state index contributed by atoms with van der Waals surface area (Å²) in [6.07, 6.45) is 0. The number of rotatable bonds is 3. The van der Waals surface area contributed by atoms with Crippen LogP contribution in [0.2, 0.25) is 0 Å². The lowest BCUT2D eigenvalue weighted by Crippen LogP contribution is -2.15. The van der Waals surface area contributed by atoms with Gasteiger partial charge in [-0.3, -0.25) is 9.59 Å². The van der Waals surface area contributed by atoms with E-state index in [1.807, 2.05) is 0 Å². The number of phenolic OH excluding ortho intramolecular Hbond substituents is 1. The van der Waals surface area contributed by atoms with Crippen molar-refractivity contribution >= 4 is 28.3 Å². The van der Waals surface area contributed by atoms with Gasteiger partial charge < -0.3 is 14.8 Å². The summed E-state index contributed by atoms with van der Waals surface area (Å²) in [5.74, 6) is -0.723. The average molecular weight is 323 g/mol. The topological polar surface area (TPSA) is 96.6 Å². The van der Waals surface area contributed by atoms with Gasteiger partial charge in [-0.15, -0.1) is 0 Å². The van der Waals surface area contributed by atoms with Crippen LogP contribution < -0.4 is 10.9 Å². The highest BCUT2D eigenvalue weighted by molar-refractivity contribution is 6.10. The molecule has 0 atom stereocenters. The van der Waals surface area contributed by atoms with Gasteiger partial charge in [0.1, 0.15) is 16.9 Å². The molecule has 0 fully saturated rings. The first-order chi connectivity index (χ1) is 11.4. The number of fused-ring (bicyclic) bond motifs is 1. The predicted octanol–water partition coefficient (Wildman–Crippen LogP) is 2.69. The third-order valence-corrected chi connectivity index (χ3v) is 3.43. The third-order valence-electron chi connectivity index (χ3n) is 3.43. The van der Waals surface area contributed by atoms with Crippen molar-refractivity contribution in [3.63, 3.8) is 0 Å². The van der Waals surface area contributed by atoms with E-state index in [4.69, 9.17) is 4.42 Å². The summed E-state index contributed by atoms with van der Waals surface area (Å²) < 4.78 is 5.10. The molecule has 6 heteroatoms. The third kappa shape index (κ3) is 3.03. The first-order valence-electron chi connectivity index (χ1n) is 7.13. The van der Waals surface area contributed by atoms with Crippen molar-refractivity contribution in [1.82, 2.24) is 0 Å². The molecule has 24 heavy (non-hydrogen) atoms. The molecule has 3 aromatic rings. The van der Waals surface area contributed by atoms with Crippen molar-refractivity contribution in [3.05, 3.63) is 70.1 Å². The van der Waals surface area contributed by atoms with Crippen LogP contribution in [0.5, 0.6) is 5.75 Å². The van der Waals surface area contributed by atoms with Crippen molar-refractivity contribution in [2.45, 2.75) is 6.92 Å². The second kappa shape index (κ2) is 6.00. The van der Waals surface area contributed by atoms with Gasteiger partial charge in [-0.2, -0.15) is 0 Å². The highest BCUT2D eigenvalue weighted by atomic mass is 16.4. The Morgan fingerprint density at radius 3 is 2.42 bits per heavy atom. The summed E-state index contributed by atoms with van der Waals surface area (Å²) in [7, 11) is 0. The molecule has 0 aliphatic carbocycles. The van der Waals surface area contributed by atoms with Gasteiger partial charge in [0.15, 0.2) is 5.78 Å².